The number of thioether (sulfide) groups is 1. The molecule has 0 saturated carbocycles. The molecule has 0 saturated heterocycles. The summed E-state index contributed by atoms with van der Waals surface area (Å²) >= 11 is 1.63. The summed E-state index contributed by atoms with van der Waals surface area (Å²) in [5, 5.41) is 5.30. The monoisotopic (exact) mass is 346 g/mol. The van der Waals surface area contributed by atoms with Crippen molar-refractivity contribution in [3.63, 3.8) is 0 Å². The van der Waals surface area contributed by atoms with Crippen molar-refractivity contribution in [3.05, 3.63) is 77.6 Å². The normalized spacial score (nSPS) is 11.1. The van der Waals surface area contributed by atoms with E-state index in [-0.39, 0.29) is 0 Å². The summed E-state index contributed by atoms with van der Waals surface area (Å²) in [5.74, 6) is 1.50. The Morgan fingerprint density at radius 3 is 2.36 bits per heavy atom. The van der Waals surface area contributed by atoms with Crippen molar-refractivity contribution in [2.45, 2.75) is 24.8 Å². The zero-order chi connectivity index (χ0) is 17.2. The average Bonchev–Trinajstić information content (AvgIpc) is 3.04. The second-order valence-corrected chi connectivity index (χ2v) is 6.94. The molecule has 0 aliphatic heterocycles. The standard InChI is InChI=1S/C20H18N4S/c1-14-12-15(2)24-19(21-14)22-20(23-24)25-13-16-8-10-18(11-9-16)17-6-4-3-5-7-17/h3-12H,13H2,1-2H3. The summed E-state index contributed by atoms with van der Waals surface area (Å²) in [6.07, 6.45) is 0. The molecule has 2 heterocycles. The molecule has 2 aromatic carbocycles. The van der Waals surface area contributed by atoms with Gasteiger partial charge < -0.3 is 0 Å². The first kappa shape index (κ1) is 15.8. The number of aryl methyl sites for hydroxylation is 2. The van der Waals surface area contributed by atoms with E-state index >= 15 is 0 Å². The van der Waals surface area contributed by atoms with Crippen molar-refractivity contribution in [1.29, 1.82) is 0 Å². The highest BCUT2D eigenvalue weighted by molar-refractivity contribution is 7.98. The summed E-state index contributed by atoms with van der Waals surface area (Å²) in [6.45, 7) is 4.00. The highest BCUT2D eigenvalue weighted by Crippen LogP contribution is 2.23. The SMILES string of the molecule is Cc1cc(C)n2nc(SCc3ccc(-c4ccccc4)cc3)nc2n1. The zero-order valence-corrected chi connectivity index (χ0v) is 15.0. The van der Waals surface area contributed by atoms with Crippen LogP contribution in [0.2, 0.25) is 0 Å². The maximum absolute atomic E-state index is 4.54. The Morgan fingerprint density at radius 2 is 1.60 bits per heavy atom. The van der Waals surface area contributed by atoms with Crippen molar-refractivity contribution in [1.82, 2.24) is 19.6 Å². The number of rotatable bonds is 4. The molecule has 0 aliphatic rings. The van der Waals surface area contributed by atoms with Gasteiger partial charge in [-0.1, -0.05) is 66.4 Å². The molecule has 0 N–H and O–H groups in total. The average molecular weight is 346 g/mol. The first-order valence-corrected chi connectivity index (χ1v) is 9.16. The van der Waals surface area contributed by atoms with E-state index in [0.29, 0.717) is 5.78 Å². The fraction of sp³-hybridized carbons (Fsp3) is 0.150. The smallest absolute Gasteiger partial charge is 0.216 e. The Morgan fingerprint density at radius 1 is 0.880 bits per heavy atom. The minimum Gasteiger partial charge on any atom is -0.216 e. The van der Waals surface area contributed by atoms with Crippen molar-refractivity contribution < 1.29 is 0 Å². The lowest BCUT2D eigenvalue weighted by Crippen LogP contribution is -1.97. The number of hydrogen-bond donors (Lipinski definition) is 0. The molecule has 0 atom stereocenters. The van der Waals surface area contributed by atoms with E-state index < -0.39 is 0 Å². The predicted molar refractivity (Wildman–Crippen MR) is 102 cm³/mol. The zero-order valence-electron chi connectivity index (χ0n) is 14.2. The van der Waals surface area contributed by atoms with Gasteiger partial charge in [-0.25, -0.2) is 9.50 Å². The van der Waals surface area contributed by atoms with Gasteiger partial charge >= 0.3 is 0 Å². The van der Waals surface area contributed by atoms with Crippen LogP contribution in [-0.2, 0) is 5.75 Å². The van der Waals surface area contributed by atoms with E-state index in [1.807, 2.05) is 26.0 Å². The summed E-state index contributed by atoms with van der Waals surface area (Å²) in [4.78, 5) is 8.95. The van der Waals surface area contributed by atoms with Gasteiger partial charge in [0.25, 0.3) is 5.78 Å². The molecule has 4 rings (SSSR count). The van der Waals surface area contributed by atoms with Crippen LogP contribution in [0.5, 0.6) is 0 Å². The highest BCUT2D eigenvalue weighted by atomic mass is 32.2. The fourth-order valence-electron chi connectivity index (χ4n) is 2.78. The van der Waals surface area contributed by atoms with Crippen LogP contribution in [0.1, 0.15) is 17.0 Å². The Bertz CT molecular complexity index is 1010. The molecule has 0 bridgehead atoms. The van der Waals surface area contributed by atoms with Gasteiger partial charge in [0.2, 0.25) is 5.16 Å². The lowest BCUT2D eigenvalue weighted by Gasteiger charge is -2.03. The van der Waals surface area contributed by atoms with Crippen LogP contribution >= 0.6 is 11.8 Å². The van der Waals surface area contributed by atoms with Crippen LogP contribution in [-0.4, -0.2) is 19.6 Å². The summed E-state index contributed by atoms with van der Waals surface area (Å²) in [6, 6.07) is 21.1. The van der Waals surface area contributed by atoms with E-state index in [1.165, 1.54) is 16.7 Å². The number of nitrogens with zero attached hydrogens (tertiary/aromatic N) is 4. The van der Waals surface area contributed by atoms with Crippen LogP contribution in [0.15, 0.2) is 65.8 Å². The first-order valence-electron chi connectivity index (χ1n) is 8.17. The van der Waals surface area contributed by atoms with E-state index in [0.717, 1.165) is 22.3 Å². The Labute approximate surface area is 151 Å². The van der Waals surface area contributed by atoms with Crippen LogP contribution < -0.4 is 0 Å². The molecular formula is C20H18N4S. The molecule has 5 heteroatoms. The van der Waals surface area contributed by atoms with E-state index in [9.17, 15) is 0 Å². The molecule has 124 valence electrons. The van der Waals surface area contributed by atoms with E-state index in [4.69, 9.17) is 0 Å². The molecule has 0 spiro atoms. The second-order valence-electron chi connectivity index (χ2n) is 6.00. The van der Waals surface area contributed by atoms with Crippen molar-refractivity contribution in [2.75, 3.05) is 0 Å². The molecule has 4 nitrogen and oxygen atoms in total. The van der Waals surface area contributed by atoms with Gasteiger partial charge in [-0.15, -0.1) is 5.10 Å². The molecule has 2 aromatic heterocycles. The third-order valence-corrected chi connectivity index (χ3v) is 4.94. The number of hydrogen-bond acceptors (Lipinski definition) is 4. The van der Waals surface area contributed by atoms with Crippen LogP contribution in [0, 0.1) is 13.8 Å². The van der Waals surface area contributed by atoms with Gasteiger partial charge in [-0.2, -0.15) is 4.98 Å². The van der Waals surface area contributed by atoms with Gasteiger partial charge in [0.15, 0.2) is 0 Å². The van der Waals surface area contributed by atoms with Crippen LogP contribution in [0.25, 0.3) is 16.9 Å². The first-order chi connectivity index (χ1) is 12.2. The Hall–Kier alpha value is -2.66. The molecule has 0 aliphatic carbocycles. The number of benzene rings is 2. The van der Waals surface area contributed by atoms with Crippen molar-refractivity contribution in [3.8, 4) is 11.1 Å². The minimum absolute atomic E-state index is 0.666. The number of aromatic nitrogens is 4. The van der Waals surface area contributed by atoms with Gasteiger partial charge in [0, 0.05) is 17.1 Å². The fourth-order valence-corrected chi connectivity index (χ4v) is 3.55. The minimum atomic E-state index is 0.666. The molecule has 0 radical (unpaired) electrons. The Kier molecular flexibility index (Phi) is 4.24. The number of fused-ring (bicyclic) bond motifs is 1. The van der Waals surface area contributed by atoms with E-state index in [1.54, 1.807) is 16.3 Å². The molecule has 0 fully saturated rings. The molecule has 0 amide bonds. The second kappa shape index (κ2) is 6.69. The quantitative estimate of drug-likeness (QED) is 0.502. The largest absolute Gasteiger partial charge is 0.253 e. The van der Waals surface area contributed by atoms with Crippen molar-refractivity contribution in [2.24, 2.45) is 0 Å². The molecular weight excluding hydrogens is 328 g/mol. The lowest BCUT2D eigenvalue weighted by molar-refractivity contribution is 0.843. The van der Waals surface area contributed by atoms with E-state index in [2.05, 4.69) is 63.6 Å². The van der Waals surface area contributed by atoms with Crippen LogP contribution in [0.3, 0.4) is 0 Å². The van der Waals surface area contributed by atoms with Gasteiger partial charge in [0.1, 0.15) is 0 Å². The van der Waals surface area contributed by atoms with Crippen molar-refractivity contribution >= 4 is 17.5 Å². The van der Waals surface area contributed by atoms with Gasteiger partial charge in [-0.3, -0.25) is 0 Å². The summed E-state index contributed by atoms with van der Waals surface area (Å²) in [7, 11) is 0. The third-order valence-electron chi connectivity index (χ3n) is 4.03. The lowest BCUT2D eigenvalue weighted by atomic mass is 10.0. The Balaban J connectivity index is 1.49. The predicted octanol–water partition coefficient (Wildman–Crippen LogP) is 4.70. The molecule has 4 aromatic rings. The van der Waals surface area contributed by atoms with Gasteiger partial charge in [0.05, 0.1) is 0 Å². The topological polar surface area (TPSA) is 43.1 Å². The highest BCUT2D eigenvalue weighted by Gasteiger charge is 2.08. The molecule has 25 heavy (non-hydrogen) atoms. The summed E-state index contributed by atoms with van der Waals surface area (Å²) < 4.78 is 1.80. The summed E-state index contributed by atoms with van der Waals surface area (Å²) in [5.41, 5.74) is 5.74. The third kappa shape index (κ3) is 3.42. The molecule has 0 unspecified atom stereocenters. The maximum Gasteiger partial charge on any atom is 0.253 e. The van der Waals surface area contributed by atoms with Gasteiger partial charge in [-0.05, 0) is 36.6 Å². The van der Waals surface area contributed by atoms with Crippen LogP contribution in [0.4, 0.5) is 0 Å². The maximum atomic E-state index is 4.54.